The number of likely N-dealkylation sites (tertiary alicyclic amines) is 1. The number of benzene rings is 1. The summed E-state index contributed by atoms with van der Waals surface area (Å²) >= 11 is 0. The van der Waals surface area contributed by atoms with Crippen molar-refractivity contribution in [2.24, 2.45) is 5.92 Å². The molecule has 0 bridgehead atoms. The summed E-state index contributed by atoms with van der Waals surface area (Å²) in [5, 5.41) is 3.87. The van der Waals surface area contributed by atoms with Crippen LogP contribution in [0.4, 0.5) is 13.2 Å². The summed E-state index contributed by atoms with van der Waals surface area (Å²) in [5.74, 6) is 0.679. The van der Waals surface area contributed by atoms with Gasteiger partial charge in [0.05, 0.1) is 18.5 Å². The number of esters is 1. The third-order valence-electron chi connectivity index (χ3n) is 8.93. The number of carbonyl (C=O) groups excluding carboxylic acids is 2. The number of halogens is 3. The van der Waals surface area contributed by atoms with Gasteiger partial charge in [-0.2, -0.15) is 18.3 Å². The van der Waals surface area contributed by atoms with Crippen molar-refractivity contribution in [3.8, 4) is 11.6 Å². The van der Waals surface area contributed by atoms with E-state index in [1.54, 1.807) is 12.1 Å². The minimum Gasteiger partial charge on any atom is -0.489 e. The quantitative estimate of drug-likeness (QED) is 0.241. The Labute approximate surface area is 260 Å². The van der Waals surface area contributed by atoms with Crippen molar-refractivity contribution in [1.82, 2.24) is 19.7 Å². The number of alkyl halides is 3. The molecule has 3 aliphatic rings. The number of hydrogen-bond acceptors (Lipinski definition) is 6. The predicted molar refractivity (Wildman–Crippen MR) is 161 cm³/mol. The monoisotopic (exact) mass is 622 g/mol. The molecule has 45 heavy (non-hydrogen) atoms. The molecule has 3 heterocycles. The number of ether oxygens (including phenoxy) is 2. The van der Waals surface area contributed by atoms with Crippen molar-refractivity contribution in [3.05, 3.63) is 76.2 Å². The van der Waals surface area contributed by atoms with Gasteiger partial charge in [-0.3, -0.25) is 4.79 Å². The van der Waals surface area contributed by atoms with Crippen LogP contribution in [-0.4, -0.2) is 57.8 Å². The van der Waals surface area contributed by atoms with E-state index in [2.05, 4.69) is 22.2 Å². The van der Waals surface area contributed by atoms with Gasteiger partial charge in [0, 0.05) is 19.0 Å². The summed E-state index contributed by atoms with van der Waals surface area (Å²) in [6.45, 7) is 5.49. The number of pyridine rings is 1. The van der Waals surface area contributed by atoms with Crippen LogP contribution in [0.25, 0.3) is 11.4 Å². The van der Waals surface area contributed by atoms with Crippen molar-refractivity contribution in [1.29, 1.82) is 0 Å². The second-order valence-electron chi connectivity index (χ2n) is 12.0. The number of carbonyl (C=O) groups is 2. The number of aryl methyl sites for hydroxylation is 1. The van der Waals surface area contributed by atoms with E-state index in [0.717, 1.165) is 86.7 Å². The number of nitrogens with zero attached hydrogens (tertiary/aromatic N) is 4. The number of piperidine rings is 1. The number of allylic oxidation sites excluding steroid dienone is 1. The second-order valence-corrected chi connectivity index (χ2v) is 12.0. The highest BCUT2D eigenvalue weighted by Crippen LogP contribution is 2.38. The lowest BCUT2D eigenvalue weighted by atomic mass is 9.88. The zero-order valence-electron chi connectivity index (χ0n) is 25.5. The van der Waals surface area contributed by atoms with Crippen molar-refractivity contribution in [3.63, 3.8) is 0 Å². The van der Waals surface area contributed by atoms with Crippen LogP contribution in [0.15, 0.2) is 48.2 Å². The van der Waals surface area contributed by atoms with Gasteiger partial charge in [0.15, 0.2) is 11.5 Å². The Bertz CT molecular complexity index is 1620. The molecule has 2 aromatic heterocycles. The molecule has 2 aliphatic carbocycles. The molecule has 8 nitrogen and oxygen atoms in total. The number of hydrogen-bond donors (Lipinski definition) is 0. The normalized spacial score (nSPS) is 17.6. The topological polar surface area (TPSA) is 86.5 Å². The van der Waals surface area contributed by atoms with Gasteiger partial charge < -0.3 is 14.4 Å². The molecule has 1 aromatic carbocycles. The maximum atomic E-state index is 14.1. The second kappa shape index (κ2) is 12.7. The summed E-state index contributed by atoms with van der Waals surface area (Å²) < 4.78 is 53.9. The smallest absolute Gasteiger partial charge is 0.434 e. The summed E-state index contributed by atoms with van der Waals surface area (Å²) in [5.41, 5.74) is 3.00. The predicted octanol–water partition coefficient (Wildman–Crippen LogP) is 6.90. The summed E-state index contributed by atoms with van der Waals surface area (Å²) in [6, 6.07) is 11.2. The van der Waals surface area contributed by atoms with Crippen LogP contribution in [0.5, 0.6) is 5.75 Å². The van der Waals surface area contributed by atoms with E-state index < -0.39 is 23.4 Å². The molecule has 0 N–H and O–H groups in total. The molecule has 1 saturated carbocycles. The van der Waals surface area contributed by atoms with Crippen LogP contribution in [0, 0.1) is 12.8 Å². The number of aromatic nitrogens is 3. The molecule has 238 valence electrons. The first-order valence-corrected chi connectivity index (χ1v) is 15.7. The molecular weight excluding hydrogens is 585 g/mol. The van der Waals surface area contributed by atoms with Crippen LogP contribution in [0.1, 0.15) is 90.7 Å². The first-order chi connectivity index (χ1) is 21.6. The fourth-order valence-electron chi connectivity index (χ4n) is 6.41. The van der Waals surface area contributed by atoms with Crippen LogP contribution in [0.3, 0.4) is 0 Å². The third-order valence-corrected chi connectivity index (χ3v) is 8.93. The summed E-state index contributed by atoms with van der Waals surface area (Å²) in [4.78, 5) is 31.2. The van der Waals surface area contributed by atoms with Crippen molar-refractivity contribution >= 4 is 17.4 Å². The molecule has 2 fully saturated rings. The largest absolute Gasteiger partial charge is 0.489 e. The highest BCUT2D eigenvalue weighted by Gasteiger charge is 2.41. The Hall–Kier alpha value is -4.15. The lowest BCUT2D eigenvalue weighted by Crippen LogP contribution is -2.38. The maximum absolute atomic E-state index is 14.1. The van der Waals surface area contributed by atoms with E-state index >= 15 is 0 Å². The van der Waals surface area contributed by atoms with Crippen LogP contribution in [-0.2, 0) is 15.7 Å². The molecule has 0 atom stereocenters. The van der Waals surface area contributed by atoms with E-state index in [0.29, 0.717) is 28.8 Å². The van der Waals surface area contributed by atoms with Gasteiger partial charge in [-0.1, -0.05) is 18.2 Å². The van der Waals surface area contributed by atoms with Crippen LogP contribution < -0.4 is 4.74 Å². The number of amides is 1. The van der Waals surface area contributed by atoms with Gasteiger partial charge >= 0.3 is 12.1 Å². The Kier molecular flexibility index (Phi) is 8.70. The Balaban J connectivity index is 1.16. The van der Waals surface area contributed by atoms with E-state index in [4.69, 9.17) is 9.47 Å². The van der Waals surface area contributed by atoms with Gasteiger partial charge in [-0.25, -0.2) is 14.5 Å². The molecule has 1 amide bonds. The van der Waals surface area contributed by atoms with Gasteiger partial charge in [-0.15, -0.1) is 0 Å². The Morgan fingerprint density at radius 3 is 2.51 bits per heavy atom. The first kappa shape index (κ1) is 30.9. The molecule has 0 radical (unpaired) electrons. The SMILES string of the molecule is CCOC(=O)c1cnn(-c2cccc(C3=C(COc4ccc(C5CCN(C(=O)C6CC6)CC5)cc4C)CCC3)n2)c1C(F)(F)F. The fourth-order valence-corrected chi connectivity index (χ4v) is 6.41. The number of rotatable bonds is 9. The molecule has 11 heteroatoms. The molecule has 3 aromatic rings. The molecule has 1 aliphatic heterocycles. The summed E-state index contributed by atoms with van der Waals surface area (Å²) in [6.07, 6.45) is 2.46. The van der Waals surface area contributed by atoms with E-state index in [-0.39, 0.29) is 18.3 Å². The average Bonchev–Trinajstić information content (AvgIpc) is 3.59. The van der Waals surface area contributed by atoms with Gasteiger partial charge in [-0.05, 0) is 105 Å². The molecule has 0 unspecified atom stereocenters. The molecule has 6 rings (SSSR count). The average molecular weight is 623 g/mol. The van der Waals surface area contributed by atoms with Gasteiger partial charge in [0.25, 0.3) is 0 Å². The Morgan fingerprint density at radius 2 is 1.82 bits per heavy atom. The fraction of sp³-hybridized carbons (Fsp3) is 0.471. The van der Waals surface area contributed by atoms with Crippen molar-refractivity contribution in [2.45, 2.75) is 70.9 Å². The zero-order chi connectivity index (χ0) is 31.7. The molecule has 1 saturated heterocycles. The minimum absolute atomic E-state index is 0.0378. The minimum atomic E-state index is -4.85. The van der Waals surface area contributed by atoms with Crippen molar-refractivity contribution < 1.29 is 32.2 Å². The third kappa shape index (κ3) is 6.62. The van der Waals surface area contributed by atoms with Gasteiger partial charge in [0.2, 0.25) is 5.91 Å². The lowest BCUT2D eigenvalue weighted by Gasteiger charge is -2.32. The van der Waals surface area contributed by atoms with E-state index in [1.807, 2.05) is 17.9 Å². The first-order valence-electron chi connectivity index (χ1n) is 15.7. The van der Waals surface area contributed by atoms with Crippen molar-refractivity contribution in [2.75, 3.05) is 26.3 Å². The van der Waals surface area contributed by atoms with Crippen LogP contribution >= 0.6 is 0 Å². The lowest BCUT2D eigenvalue weighted by molar-refractivity contribution is -0.143. The highest BCUT2D eigenvalue weighted by molar-refractivity contribution is 5.90. The highest BCUT2D eigenvalue weighted by atomic mass is 19.4. The van der Waals surface area contributed by atoms with E-state index in [1.165, 1.54) is 18.6 Å². The zero-order valence-corrected chi connectivity index (χ0v) is 25.5. The van der Waals surface area contributed by atoms with Crippen LogP contribution in [0.2, 0.25) is 0 Å². The van der Waals surface area contributed by atoms with E-state index in [9.17, 15) is 22.8 Å². The summed E-state index contributed by atoms with van der Waals surface area (Å²) in [7, 11) is 0. The Morgan fingerprint density at radius 1 is 1.04 bits per heavy atom. The molecule has 0 spiro atoms. The maximum Gasteiger partial charge on any atom is 0.434 e. The molecular formula is C34H37F3N4O4. The van der Waals surface area contributed by atoms with Gasteiger partial charge in [0.1, 0.15) is 17.9 Å². The standard InChI is InChI=1S/C34H37F3N4O4/c1-3-44-33(43)27-19-38-41(31(27)34(35,36)37)30-9-5-8-28(39-30)26-7-4-6-25(26)20-45-29-13-12-24(18-21(29)2)22-14-16-40(17-15-22)32(42)23-10-11-23/h5,8-9,12-13,18-19,22-23H,3-4,6-7,10-11,14-17,20H2,1-2H3.